The topological polar surface area (TPSA) is 143 Å². The lowest BCUT2D eigenvalue weighted by atomic mass is 10.2. The molecule has 0 aromatic heterocycles. The molecule has 2 unspecified atom stereocenters. The summed E-state index contributed by atoms with van der Waals surface area (Å²) < 4.78 is 0. The molecule has 8 heteroatoms. The number of hydrogen-bond donors (Lipinski definition) is 5. The van der Waals surface area contributed by atoms with Gasteiger partial charge in [-0.05, 0) is 0 Å². The molecule has 0 fully saturated rings. The summed E-state index contributed by atoms with van der Waals surface area (Å²) in [4.78, 5) is 20.2. The van der Waals surface area contributed by atoms with Crippen LogP contribution in [0.5, 0.6) is 0 Å². The highest BCUT2D eigenvalue weighted by atomic mass is 16.4. The molecule has 0 aliphatic carbocycles. The Morgan fingerprint density at radius 3 is 2.29 bits per heavy atom. The van der Waals surface area contributed by atoms with Gasteiger partial charge in [0.1, 0.15) is 0 Å². The lowest BCUT2D eigenvalue weighted by Gasteiger charge is -2.17. The molecule has 5 N–H and O–H groups in total. The fraction of sp³-hybridized carbons (Fsp3) is 0.500. The standard InChI is InChI=1S/C6H9N3O5/c7-1-4(10)3(9-6(13)14)2-8-5(11)12/h3-4,8-10H,2H2,(H,11,12)(H,13,14). The van der Waals surface area contributed by atoms with Gasteiger partial charge in [0.25, 0.3) is 0 Å². The van der Waals surface area contributed by atoms with Crippen molar-refractivity contribution in [2.24, 2.45) is 0 Å². The minimum atomic E-state index is -1.60. The Bertz CT molecular complexity index is 261. The number of amides is 2. The number of aliphatic hydroxyl groups is 1. The SMILES string of the molecule is N#CC(O)C(CNC(=O)O)NC(=O)O. The summed E-state index contributed by atoms with van der Waals surface area (Å²) >= 11 is 0. The van der Waals surface area contributed by atoms with E-state index in [1.54, 1.807) is 5.32 Å². The van der Waals surface area contributed by atoms with Gasteiger partial charge in [0.2, 0.25) is 0 Å². The number of nitrogens with zero attached hydrogens (tertiary/aromatic N) is 1. The second kappa shape index (κ2) is 5.60. The van der Waals surface area contributed by atoms with Gasteiger partial charge in [0.05, 0.1) is 12.1 Å². The van der Waals surface area contributed by atoms with E-state index >= 15 is 0 Å². The highest BCUT2D eigenvalue weighted by Crippen LogP contribution is 1.91. The van der Waals surface area contributed by atoms with Crippen molar-refractivity contribution >= 4 is 12.2 Å². The molecule has 2 atom stereocenters. The van der Waals surface area contributed by atoms with Crippen LogP contribution in [-0.2, 0) is 0 Å². The highest BCUT2D eigenvalue weighted by molar-refractivity contribution is 5.66. The second-order valence-electron chi connectivity index (χ2n) is 2.32. The molecule has 0 aliphatic rings. The average Bonchev–Trinajstić information content (AvgIpc) is 2.10. The molecule has 0 aliphatic heterocycles. The molecule has 0 saturated heterocycles. The van der Waals surface area contributed by atoms with Gasteiger partial charge in [-0.15, -0.1) is 0 Å². The zero-order valence-corrected chi connectivity index (χ0v) is 6.97. The molecule has 78 valence electrons. The number of nitrogens with one attached hydrogen (secondary N) is 2. The molecule has 0 rings (SSSR count). The van der Waals surface area contributed by atoms with Crippen LogP contribution in [0.4, 0.5) is 9.59 Å². The molecule has 8 nitrogen and oxygen atoms in total. The molecular formula is C6H9N3O5. The maximum absolute atomic E-state index is 10.2. The molecule has 0 aromatic rings. The van der Waals surface area contributed by atoms with E-state index in [9.17, 15) is 9.59 Å². The first-order chi connectivity index (χ1) is 6.47. The number of carbonyl (C=O) groups is 2. The summed E-state index contributed by atoms with van der Waals surface area (Å²) in [6.45, 7) is -0.379. The Kier molecular flexibility index (Phi) is 4.80. The van der Waals surface area contributed by atoms with Crippen LogP contribution in [-0.4, -0.2) is 46.2 Å². The van der Waals surface area contributed by atoms with Crippen LogP contribution in [0.25, 0.3) is 0 Å². The van der Waals surface area contributed by atoms with Gasteiger partial charge in [0, 0.05) is 6.54 Å². The largest absolute Gasteiger partial charge is 0.465 e. The molecule has 14 heavy (non-hydrogen) atoms. The van der Waals surface area contributed by atoms with E-state index in [1.165, 1.54) is 6.07 Å². The first kappa shape index (κ1) is 12.0. The summed E-state index contributed by atoms with van der Waals surface area (Å²) in [5.74, 6) is 0. The Hall–Kier alpha value is -2.01. The minimum Gasteiger partial charge on any atom is -0.465 e. The third-order valence-corrected chi connectivity index (χ3v) is 1.30. The summed E-state index contributed by atoms with van der Waals surface area (Å²) in [5, 5.41) is 37.4. The van der Waals surface area contributed by atoms with E-state index in [0.29, 0.717) is 0 Å². The zero-order valence-electron chi connectivity index (χ0n) is 6.97. The Balaban J connectivity index is 4.18. The van der Waals surface area contributed by atoms with Crippen molar-refractivity contribution in [2.45, 2.75) is 12.1 Å². The fourth-order valence-corrected chi connectivity index (χ4v) is 0.687. The third kappa shape index (κ3) is 4.78. The van der Waals surface area contributed by atoms with Gasteiger partial charge in [-0.25, -0.2) is 9.59 Å². The number of rotatable bonds is 4. The van der Waals surface area contributed by atoms with Gasteiger partial charge < -0.3 is 26.0 Å². The van der Waals surface area contributed by atoms with Gasteiger partial charge >= 0.3 is 12.2 Å². The third-order valence-electron chi connectivity index (χ3n) is 1.30. The van der Waals surface area contributed by atoms with Crippen molar-refractivity contribution in [2.75, 3.05) is 6.54 Å². The van der Waals surface area contributed by atoms with Crippen molar-refractivity contribution in [3.63, 3.8) is 0 Å². The average molecular weight is 203 g/mol. The number of carboxylic acid groups (broad SMARTS) is 2. The smallest absolute Gasteiger partial charge is 0.405 e. The van der Waals surface area contributed by atoms with Crippen LogP contribution in [0.15, 0.2) is 0 Å². The maximum Gasteiger partial charge on any atom is 0.405 e. The summed E-state index contributed by atoms with van der Waals surface area (Å²) in [6, 6.07) is 0.204. The van der Waals surface area contributed by atoms with E-state index in [-0.39, 0.29) is 6.54 Å². The normalized spacial score (nSPS) is 13.4. The molecule has 0 heterocycles. The van der Waals surface area contributed by atoms with Gasteiger partial charge in [-0.2, -0.15) is 5.26 Å². The van der Waals surface area contributed by atoms with E-state index < -0.39 is 24.3 Å². The van der Waals surface area contributed by atoms with E-state index in [4.69, 9.17) is 20.6 Å². The van der Waals surface area contributed by atoms with Crippen molar-refractivity contribution in [1.82, 2.24) is 10.6 Å². The molecule has 0 bridgehead atoms. The zero-order chi connectivity index (χ0) is 11.1. The second-order valence-corrected chi connectivity index (χ2v) is 2.32. The quantitative estimate of drug-likeness (QED) is 0.362. The van der Waals surface area contributed by atoms with Crippen molar-refractivity contribution < 1.29 is 24.9 Å². The minimum absolute atomic E-state index is 0.379. The Morgan fingerprint density at radius 2 is 1.93 bits per heavy atom. The van der Waals surface area contributed by atoms with Crippen LogP contribution >= 0.6 is 0 Å². The first-order valence-electron chi connectivity index (χ1n) is 3.51. The van der Waals surface area contributed by atoms with Gasteiger partial charge in [-0.1, -0.05) is 0 Å². The van der Waals surface area contributed by atoms with Crippen LogP contribution in [0.2, 0.25) is 0 Å². The molecule has 0 aromatic carbocycles. The van der Waals surface area contributed by atoms with E-state index in [0.717, 1.165) is 0 Å². The number of hydrogen-bond acceptors (Lipinski definition) is 4. The molecule has 0 radical (unpaired) electrons. The van der Waals surface area contributed by atoms with Gasteiger partial charge in [-0.3, -0.25) is 0 Å². The molecule has 0 saturated carbocycles. The predicted molar refractivity (Wildman–Crippen MR) is 42.6 cm³/mol. The van der Waals surface area contributed by atoms with Crippen LogP contribution in [0, 0.1) is 11.3 Å². The Morgan fingerprint density at radius 1 is 1.36 bits per heavy atom. The van der Waals surface area contributed by atoms with Crippen LogP contribution < -0.4 is 10.6 Å². The van der Waals surface area contributed by atoms with Crippen molar-refractivity contribution in [1.29, 1.82) is 5.26 Å². The number of nitriles is 1. The number of aliphatic hydroxyl groups excluding tert-OH is 1. The lowest BCUT2D eigenvalue weighted by Crippen LogP contribution is -2.49. The lowest BCUT2D eigenvalue weighted by molar-refractivity contribution is 0.150. The summed E-state index contributed by atoms with van der Waals surface area (Å²) in [5.41, 5.74) is 0. The molecule has 0 spiro atoms. The van der Waals surface area contributed by atoms with Gasteiger partial charge in [0.15, 0.2) is 6.10 Å². The monoisotopic (exact) mass is 203 g/mol. The van der Waals surface area contributed by atoms with Crippen LogP contribution in [0.3, 0.4) is 0 Å². The summed E-state index contributed by atoms with van der Waals surface area (Å²) in [6.07, 6.45) is -4.42. The van der Waals surface area contributed by atoms with Crippen molar-refractivity contribution in [3.05, 3.63) is 0 Å². The fourth-order valence-electron chi connectivity index (χ4n) is 0.687. The maximum atomic E-state index is 10.2. The van der Waals surface area contributed by atoms with Crippen molar-refractivity contribution in [3.8, 4) is 6.07 Å². The predicted octanol–water partition coefficient (Wildman–Crippen LogP) is -1.23. The first-order valence-corrected chi connectivity index (χ1v) is 3.51. The van der Waals surface area contributed by atoms with E-state index in [1.807, 2.05) is 5.32 Å². The summed E-state index contributed by atoms with van der Waals surface area (Å²) in [7, 11) is 0. The van der Waals surface area contributed by atoms with E-state index in [2.05, 4.69) is 0 Å². The molecular weight excluding hydrogens is 194 g/mol. The highest BCUT2D eigenvalue weighted by Gasteiger charge is 2.21. The Labute approximate surface area is 78.8 Å². The molecule has 2 amide bonds. The van der Waals surface area contributed by atoms with Crippen LogP contribution in [0.1, 0.15) is 0 Å².